The molecule has 1 saturated heterocycles. The van der Waals surface area contributed by atoms with Crippen molar-refractivity contribution in [2.45, 2.75) is 39.9 Å². The average molecular weight is 240 g/mol. The first-order valence-electron chi connectivity index (χ1n) is 6.55. The summed E-state index contributed by atoms with van der Waals surface area (Å²) in [5.41, 5.74) is 1.74. The molecule has 0 amide bonds. The maximum Gasteiger partial charge on any atom is 0.157 e. The van der Waals surface area contributed by atoms with Gasteiger partial charge in [-0.15, -0.1) is 0 Å². The van der Waals surface area contributed by atoms with Crippen LogP contribution in [0.15, 0.2) is 11.6 Å². The molecule has 0 radical (unpaired) electrons. The Kier molecular flexibility index (Phi) is 3.91. The third-order valence-electron chi connectivity index (χ3n) is 4.52. The lowest BCUT2D eigenvalue weighted by Crippen LogP contribution is -2.36. The predicted molar refractivity (Wildman–Crippen MR) is 66.5 cm³/mol. The number of aliphatic hydroxyl groups excluding tert-OH is 1. The SMILES string of the molecule is CC1=CCC(CC2OCC(CO)CO2)C1(C)C. The Balaban J connectivity index is 1.83. The van der Waals surface area contributed by atoms with Gasteiger partial charge in [-0.2, -0.15) is 0 Å². The third kappa shape index (κ3) is 2.72. The Labute approximate surface area is 104 Å². The van der Waals surface area contributed by atoms with Gasteiger partial charge in [0.15, 0.2) is 6.29 Å². The fraction of sp³-hybridized carbons (Fsp3) is 0.857. The van der Waals surface area contributed by atoms with Crippen LogP contribution in [0.25, 0.3) is 0 Å². The minimum atomic E-state index is -0.0821. The van der Waals surface area contributed by atoms with Crippen LogP contribution in [0.3, 0.4) is 0 Å². The topological polar surface area (TPSA) is 38.7 Å². The molecule has 2 aliphatic rings. The molecule has 1 aliphatic carbocycles. The number of rotatable bonds is 3. The first-order valence-corrected chi connectivity index (χ1v) is 6.55. The number of hydrogen-bond acceptors (Lipinski definition) is 3. The summed E-state index contributed by atoms with van der Waals surface area (Å²) in [6.45, 7) is 8.22. The zero-order valence-corrected chi connectivity index (χ0v) is 11.1. The molecule has 0 spiro atoms. The lowest BCUT2D eigenvalue weighted by molar-refractivity contribution is -0.214. The molecule has 3 nitrogen and oxygen atoms in total. The van der Waals surface area contributed by atoms with Crippen LogP contribution in [0, 0.1) is 17.3 Å². The van der Waals surface area contributed by atoms with Crippen LogP contribution >= 0.6 is 0 Å². The van der Waals surface area contributed by atoms with E-state index in [1.165, 1.54) is 5.57 Å². The molecule has 1 heterocycles. The van der Waals surface area contributed by atoms with Gasteiger partial charge in [-0.05, 0) is 24.7 Å². The first kappa shape index (κ1) is 13.1. The van der Waals surface area contributed by atoms with Gasteiger partial charge in [0.2, 0.25) is 0 Å². The van der Waals surface area contributed by atoms with Crippen LogP contribution < -0.4 is 0 Å². The van der Waals surface area contributed by atoms with E-state index < -0.39 is 0 Å². The van der Waals surface area contributed by atoms with E-state index in [-0.39, 0.29) is 24.2 Å². The summed E-state index contributed by atoms with van der Waals surface area (Å²) in [5.74, 6) is 0.765. The lowest BCUT2D eigenvalue weighted by Gasteiger charge is -2.35. The van der Waals surface area contributed by atoms with Crippen molar-refractivity contribution in [3.8, 4) is 0 Å². The van der Waals surface area contributed by atoms with E-state index in [9.17, 15) is 0 Å². The van der Waals surface area contributed by atoms with Gasteiger partial charge in [0.1, 0.15) is 0 Å². The van der Waals surface area contributed by atoms with Gasteiger partial charge >= 0.3 is 0 Å². The molecule has 0 saturated carbocycles. The van der Waals surface area contributed by atoms with Crippen LogP contribution in [0.4, 0.5) is 0 Å². The van der Waals surface area contributed by atoms with Gasteiger partial charge in [0.25, 0.3) is 0 Å². The van der Waals surface area contributed by atoms with Gasteiger partial charge in [0, 0.05) is 12.3 Å². The standard InChI is InChI=1S/C14H24O3/c1-10-4-5-12(14(10,2)3)6-13-16-8-11(7-15)9-17-13/h4,11-13,15H,5-9H2,1-3H3. The van der Waals surface area contributed by atoms with Crippen molar-refractivity contribution in [1.82, 2.24) is 0 Å². The monoisotopic (exact) mass is 240 g/mol. The van der Waals surface area contributed by atoms with Crippen molar-refractivity contribution < 1.29 is 14.6 Å². The highest BCUT2D eigenvalue weighted by Crippen LogP contribution is 2.45. The van der Waals surface area contributed by atoms with E-state index in [4.69, 9.17) is 14.6 Å². The van der Waals surface area contributed by atoms with Crippen molar-refractivity contribution in [3.05, 3.63) is 11.6 Å². The number of ether oxygens (including phenoxy) is 2. The molecule has 98 valence electrons. The molecule has 1 atom stereocenters. The zero-order valence-electron chi connectivity index (χ0n) is 11.1. The predicted octanol–water partition coefficient (Wildman–Crippen LogP) is 2.35. The van der Waals surface area contributed by atoms with E-state index in [2.05, 4.69) is 26.8 Å². The summed E-state index contributed by atoms with van der Waals surface area (Å²) in [5, 5.41) is 9.01. The van der Waals surface area contributed by atoms with E-state index in [0.29, 0.717) is 19.1 Å². The summed E-state index contributed by atoms with van der Waals surface area (Å²) in [6, 6.07) is 0. The smallest absolute Gasteiger partial charge is 0.157 e. The number of allylic oxidation sites excluding steroid dienone is 2. The fourth-order valence-corrected chi connectivity index (χ4v) is 2.65. The third-order valence-corrected chi connectivity index (χ3v) is 4.52. The van der Waals surface area contributed by atoms with Gasteiger partial charge in [-0.3, -0.25) is 0 Å². The van der Waals surface area contributed by atoms with Crippen molar-refractivity contribution in [3.63, 3.8) is 0 Å². The Hall–Kier alpha value is -0.380. The largest absolute Gasteiger partial charge is 0.396 e. The highest BCUT2D eigenvalue weighted by molar-refractivity contribution is 5.18. The van der Waals surface area contributed by atoms with E-state index in [1.807, 2.05) is 0 Å². The van der Waals surface area contributed by atoms with Crippen molar-refractivity contribution in [2.24, 2.45) is 17.3 Å². The van der Waals surface area contributed by atoms with E-state index in [0.717, 1.165) is 12.8 Å². The number of hydrogen-bond donors (Lipinski definition) is 1. The fourth-order valence-electron chi connectivity index (χ4n) is 2.65. The minimum absolute atomic E-state index is 0.0821. The molecule has 3 heteroatoms. The molecule has 1 N–H and O–H groups in total. The molecule has 2 rings (SSSR count). The van der Waals surface area contributed by atoms with E-state index >= 15 is 0 Å². The maximum atomic E-state index is 9.01. The summed E-state index contributed by atoms with van der Waals surface area (Å²) in [7, 11) is 0. The Bertz CT molecular complexity index is 288. The average Bonchev–Trinajstić information content (AvgIpc) is 2.57. The normalized spacial score (nSPS) is 36.9. The second-order valence-corrected chi connectivity index (χ2v) is 5.92. The molecule has 0 aromatic carbocycles. The van der Waals surface area contributed by atoms with Crippen LogP contribution in [-0.4, -0.2) is 31.2 Å². The molecule has 0 aromatic heterocycles. The maximum absolute atomic E-state index is 9.01. The second-order valence-electron chi connectivity index (χ2n) is 5.92. The van der Waals surface area contributed by atoms with Crippen molar-refractivity contribution in [2.75, 3.05) is 19.8 Å². The lowest BCUT2D eigenvalue weighted by atomic mass is 9.76. The summed E-state index contributed by atoms with van der Waals surface area (Å²) in [4.78, 5) is 0. The number of aliphatic hydroxyl groups is 1. The first-order chi connectivity index (χ1) is 8.04. The highest BCUT2D eigenvalue weighted by Gasteiger charge is 2.37. The van der Waals surface area contributed by atoms with Crippen molar-refractivity contribution >= 4 is 0 Å². The Morgan fingerprint density at radius 3 is 2.47 bits per heavy atom. The molecule has 0 aromatic rings. The molecule has 1 fully saturated rings. The molecule has 1 aliphatic heterocycles. The molecular formula is C14H24O3. The summed E-state index contributed by atoms with van der Waals surface area (Å²) in [6.07, 6.45) is 4.34. The van der Waals surface area contributed by atoms with E-state index in [1.54, 1.807) is 0 Å². The molecular weight excluding hydrogens is 216 g/mol. The van der Waals surface area contributed by atoms with Crippen LogP contribution in [-0.2, 0) is 9.47 Å². The van der Waals surface area contributed by atoms with Gasteiger partial charge in [0.05, 0.1) is 19.8 Å². The van der Waals surface area contributed by atoms with Crippen LogP contribution in [0.5, 0.6) is 0 Å². The van der Waals surface area contributed by atoms with Gasteiger partial charge < -0.3 is 14.6 Å². The zero-order chi connectivity index (χ0) is 12.5. The summed E-state index contributed by atoms with van der Waals surface area (Å²) >= 11 is 0. The molecule has 1 unspecified atom stereocenters. The quantitative estimate of drug-likeness (QED) is 0.770. The van der Waals surface area contributed by atoms with Gasteiger partial charge in [-0.25, -0.2) is 0 Å². The Morgan fingerprint density at radius 2 is 2.00 bits per heavy atom. The van der Waals surface area contributed by atoms with Crippen molar-refractivity contribution in [1.29, 1.82) is 0 Å². The minimum Gasteiger partial charge on any atom is -0.396 e. The van der Waals surface area contributed by atoms with Crippen LogP contribution in [0.2, 0.25) is 0 Å². The van der Waals surface area contributed by atoms with Gasteiger partial charge in [-0.1, -0.05) is 25.5 Å². The summed E-state index contributed by atoms with van der Waals surface area (Å²) < 4.78 is 11.3. The molecule has 0 bridgehead atoms. The molecule has 17 heavy (non-hydrogen) atoms. The highest BCUT2D eigenvalue weighted by atomic mass is 16.7. The second kappa shape index (κ2) is 5.09. The Morgan fingerprint density at radius 1 is 1.35 bits per heavy atom. The van der Waals surface area contributed by atoms with Crippen LogP contribution in [0.1, 0.15) is 33.6 Å².